The van der Waals surface area contributed by atoms with Crippen molar-refractivity contribution in [3.63, 3.8) is 0 Å². The number of likely N-dealkylation sites (tertiary alicyclic amines) is 1. The van der Waals surface area contributed by atoms with Gasteiger partial charge >= 0.3 is 5.97 Å². The van der Waals surface area contributed by atoms with E-state index in [1.54, 1.807) is 6.07 Å². The molecular formula is C24H24ClF3N2O3. The van der Waals surface area contributed by atoms with Crippen molar-refractivity contribution in [1.82, 2.24) is 4.90 Å². The van der Waals surface area contributed by atoms with Crippen LogP contribution in [0.3, 0.4) is 0 Å². The zero-order valence-corrected chi connectivity index (χ0v) is 18.9. The van der Waals surface area contributed by atoms with E-state index in [2.05, 4.69) is 9.89 Å². The molecule has 1 saturated heterocycles. The number of halogens is 4. The molecule has 3 rings (SSSR count). The number of esters is 1. The van der Waals surface area contributed by atoms with Gasteiger partial charge in [-0.2, -0.15) is 0 Å². The Morgan fingerprint density at radius 3 is 2.58 bits per heavy atom. The van der Waals surface area contributed by atoms with Gasteiger partial charge in [-0.15, -0.1) is 0 Å². The molecule has 2 aromatic carbocycles. The Balaban J connectivity index is 1.86. The second-order valence-corrected chi connectivity index (χ2v) is 8.10. The highest BCUT2D eigenvalue weighted by atomic mass is 35.5. The maximum absolute atomic E-state index is 14.4. The number of nitrogens with zero attached hydrogens (tertiary/aromatic N) is 2. The monoisotopic (exact) mass is 480 g/mol. The van der Waals surface area contributed by atoms with Gasteiger partial charge in [-0.05, 0) is 56.6 Å². The largest absolute Gasteiger partial charge is 0.465 e. The fraction of sp³-hybridized carbons (Fsp3) is 0.375. The van der Waals surface area contributed by atoms with Gasteiger partial charge in [-0.25, -0.2) is 13.2 Å². The van der Waals surface area contributed by atoms with E-state index in [1.807, 2.05) is 18.2 Å². The van der Waals surface area contributed by atoms with E-state index in [0.717, 1.165) is 44.3 Å². The van der Waals surface area contributed by atoms with Crippen LogP contribution in [-0.2, 0) is 16.1 Å². The zero-order valence-electron chi connectivity index (χ0n) is 18.1. The summed E-state index contributed by atoms with van der Waals surface area (Å²) in [4.78, 5) is 31.8. The first-order valence-electron chi connectivity index (χ1n) is 10.7. The van der Waals surface area contributed by atoms with Crippen LogP contribution in [0.5, 0.6) is 0 Å². The van der Waals surface area contributed by atoms with Crippen LogP contribution in [0.1, 0.15) is 42.1 Å². The summed E-state index contributed by atoms with van der Waals surface area (Å²) in [5.41, 5.74) is 0.640. The SMILES string of the molecule is CCOC(=O)C(C=Nc1cccc(CN2CCCCC2)c1)C(=O)c1cc(F)c(F)c(Cl)c1F. The van der Waals surface area contributed by atoms with Crippen molar-refractivity contribution >= 4 is 35.3 Å². The van der Waals surface area contributed by atoms with Gasteiger partial charge < -0.3 is 4.74 Å². The van der Waals surface area contributed by atoms with Crippen molar-refractivity contribution in [2.75, 3.05) is 19.7 Å². The first-order chi connectivity index (χ1) is 15.8. The molecule has 0 bridgehead atoms. The molecule has 0 N–H and O–H groups in total. The van der Waals surface area contributed by atoms with Crippen LogP contribution >= 0.6 is 11.6 Å². The molecule has 0 aliphatic carbocycles. The number of Topliss-reactive ketones (excluding diaryl/α,β-unsaturated/α-hetero) is 1. The third-order valence-corrected chi connectivity index (χ3v) is 5.66. The molecule has 0 amide bonds. The number of carbonyl (C=O) groups is 2. The summed E-state index contributed by atoms with van der Waals surface area (Å²) in [6, 6.07) is 7.66. The summed E-state index contributed by atoms with van der Waals surface area (Å²) in [5.74, 6) is -8.36. The van der Waals surface area contributed by atoms with E-state index in [4.69, 9.17) is 16.3 Å². The van der Waals surface area contributed by atoms with Crippen LogP contribution in [0.4, 0.5) is 18.9 Å². The summed E-state index contributed by atoms with van der Waals surface area (Å²) < 4.78 is 46.5. The van der Waals surface area contributed by atoms with Gasteiger partial charge in [0.1, 0.15) is 5.02 Å². The first kappa shape index (κ1) is 24.9. The number of carbonyl (C=O) groups excluding carboxylic acids is 2. The molecule has 0 saturated carbocycles. The van der Waals surface area contributed by atoms with Crippen LogP contribution in [-0.4, -0.2) is 42.6 Å². The van der Waals surface area contributed by atoms with Gasteiger partial charge in [0.15, 0.2) is 29.2 Å². The molecule has 1 heterocycles. The summed E-state index contributed by atoms with van der Waals surface area (Å²) in [6.07, 6.45) is 4.57. The highest BCUT2D eigenvalue weighted by Crippen LogP contribution is 2.27. The van der Waals surface area contributed by atoms with E-state index in [0.29, 0.717) is 11.8 Å². The highest BCUT2D eigenvalue weighted by Gasteiger charge is 2.32. The number of ether oxygens (including phenoxy) is 1. The van der Waals surface area contributed by atoms with Crippen molar-refractivity contribution in [1.29, 1.82) is 0 Å². The van der Waals surface area contributed by atoms with Gasteiger partial charge in [0, 0.05) is 12.8 Å². The fourth-order valence-electron chi connectivity index (χ4n) is 3.66. The lowest BCUT2D eigenvalue weighted by Gasteiger charge is -2.26. The van der Waals surface area contributed by atoms with Crippen LogP contribution < -0.4 is 0 Å². The average molecular weight is 481 g/mol. The normalized spacial score (nSPS) is 15.5. The number of rotatable bonds is 8. The molecule has 0 aromatic heterocycles. The summed E-state index contributed by atoms with van der Waals surface area (Å²) in [5, 5.41) is -1.16. The maximum Gasteiger partial charge on any atom is 0.322 e. The van der Waals surface area contributed by atoms with Crippen molar-refractivity contribution in [2.24, 2.45) is 10.9 Å². The molecule has 2 aromatic rings. The quantitative estimate of drug-likeness (QED) is 0.125. The molecule has 1 atom stereocenters. The molecule has 0 radical (unpaired) electrons. The van der Waals surface area contributed by atoms with E-state index in [1.165, 1.54) is 13.3 Å². The van der Waals surface area contributed by atoms with Gasteiger partial charge in [-0.3, -0.25) is 19.5 Å². The number of hydrogen-bond acceptors (Lipinski definition) is 5. The molecular weight excluding hydrogens is 457 g/mol. The molecule has 0 spiro atoms. The number of piperidine rings is 1. The first-order valence-corrected chi connectivity index (χ1v) is 11.1. The molecule has 9 heteroatoms. The minimum absolute atomic E-state index is 0.0389. The topological polar surface area (TPSA) is 59.0 Å². The van der Waals surface area contributed by atoms with E-state index in [-0.39, 0.29) is 6.61 Å². The third kappa shape index (κ3) is 6.21. The lowest BCUT2D eigenvalue weighted by molar-refractivity contribution is -0.143. The third-order valence-electron chi connectivity index (χ3n) is 5.33. The lowest BCUT2D eigenvalue weighted by Crippen LogP contribution is -2.29. The second kappa shape index (κ2) is 11.4. The number of aliphatic imine (C=N–C) groups is 1. The Morgan fingerprint density at radius 2 is 1.88 bits per heavy atom. The fourth-order valence-corrected chi connectivity index (χ4v) is 3.85. The maximum atomic E-state index is 14.4. The van der Waals surface area contributed by atoms with Gasteiger partial charge in [0.25, 0.3) is 0 Å². The number of benzene rings is 2. The summed E-state index contributed by atoms with van der Waals surface area (Å²) in [6.45, 7) is 4.30. The van der Waals surface area contributed by atoms with E-state index < -0.39 is 45.7 Å². The second-order valence-electron chi connectivity index (χ2n) is 7.73. The minimum Gasteiger partial charge on any atom is -0.465 e. The van der Waals surface area contributed by atoms with Crippen molar-refractivity contribution in [3.8, 4) is 0 Å². The van der Waals surface area contributed by atoms with Crippen molar-refractivity contribution in [2.45, 2.75) is 32.7 Å². The summed E-state index contributed by atoms with van der Waals surface area (Å²) in [7, 11) is 0. The lowest BCUT2D eigenvalue weighted by atomic mass is 9.97. The van der Waals surface area contributed by atoms with Gasteiger partial charge in [-0.1, -0.05) is 30.2 Å². The molecule has 176 valence electrons. The summed E-state index contributed by atoms with van der Waals surface area (Å²) >= 11 is 5.45. The van der Waals surface area contributed by atoms with Crippen LogP contribution in [0.15, 0.2) is 35.3 Å². The molecule has 1 aliphatic heterocycles. The van der Waals surface area contributed by atoms with Gasteiger partial charge in [0.2, 0.25) is 0 Å². The number of hydrogen-bond donors (Lipinski definition) is 0. The number of ketones is 1. The van der Waals surface area contributed by atoms with E-state index >= 15 is 0 Å². The molecule has 1 fully saturated rings. The highest BCUT2D eigenvalue weighted by molar-refractivity contribution is 6.31. The smallest absolute Gasteiger partial charge is 0.322 e. The molecule has 1 aliphatic rings. The van der Waals surface area contributed by atoms with Crippen LogP contribution in [0, 0.1) is 23.4 Å². The minimum atomic E-state index is -1.66. The standard InChI is InChI=1S/C24H24ClF3N2O3/c1-2-33-24(32)18(23(31)17-12-19(26)22(28)20(25)21(17)27)13-29-16-8-6-7-15(11-16)14-30-9-4-3-5-10-30/h6-8,11-13,18H,2-5,9-10,14H2,1H3. The van der Waals surface area contributed by atoms with Gasteiger partial charge in [0.05, 0.1) is 17.9 Å². The predicted octanol–water partition coefficient (Wildman–Crippen LogP) is 5.51. The van der Waals surface area contributed by atoms with Crippen molar-refractivity contribution < 1.29 is 27.5 Å². The van der Waals surface area contributed by atoms with Crippen LogP contribution in [0.2, 0.25) is 5.02 Å². The Morgan fingerprint density at radius 1 is 1.15 bits per heavy atom. The average Bonchev–Trinajstić information content (AvgIpc) is 2.81. The zero-order chi connectivity index (χ0) is 24.0. The molecule has 33 heavy (non-hydrogen) atoms. The molecule has 5 nitrogen and oxygen atoms in total. The van der Waals surface area contributed by atoms with Crippen LogP contribution in [0.25, 0.3) is 0 Å². The molecule has 1 unspecified atom stereocenters. The Kier molecular flexibility index (Phi) is 8.63. The Labute approximate surface area is 195 Å². The Hall–Kier alpha value is -2.71. The van der Waals surface area contributed by atoms with Crippen molar-refractivity contribution in [3.05, 3.63) is 63.9 Å². The predicted molar refractivity (Wildman–Crippen MR) is 120 cm³/mol. The van der Waals surface area contributed by atoms with E-state index in [9.17, 15) is 22.8 Å². The Bertz CT molecular complexity index is 1060.